The van der Waals surface area contributed by atoms with E-state index in [0.29, 0.717) is 11.0 Å². The highest BCUT2D eigenvalue weighted by Gasteiger charge is 2.06. The standard InChI is InChI=1S/C18H15ClN2O2/c1-21-16(19)11-20-17(21)12-23-18(22)10-9-14-7-4-6-13-5-2-3-8-15(13)14/h2-11H,12H2,1H3/b10-9-. The molecule has 0 atom stereocenters. The molecule has 0 amide bonds. The zero-order valence-electron chi connectivity index (χ0n) is 12.6. The molecule has 116 valence electrons. The minimum atomic E-state index is -0.419. The lowest BCUT2D eigenvalue weighted by Crippen LogP contribution is -2.05. The second-order valence-corrected chi connectivity index (χ2v) is 5.45. The summed E-state index contributed by atoms with van der Waals surface area (Å²) in [6, 6.07) is 14.0. The van der Waals surface area contributed by atoms with E-state index in [9.17, 15) is 4.79 Å². The predicted octanol–water partition coefficient (Wildman–Crippen LogP) is 3.98. The molecule has 1 aromatic heterocycles. The second-order valence-electron chi connectivity index (χ2n) is 5.07. The van der Waals surface area contributed by atoms with Crippen molar-refractivity contribution in [1.29, 1.82) is 0 Å². The fourth-order valence-electron chi connectivity index (χ4n) is 2.30. The highest BCUT2D eigenvalue weighted by Crippen LogP contribution is 2.19. The third kappa shape index (κ3) is 3.43. The average Bonchev–Trinajstić information content (AvgIpc) is 2.90. The molecule has 23 heavy (non-hydrogen) atoms. The van der Waals surface area contributed by atoms with Crippen LogP contribution in [0.15, 0.2) is 54.7 Å². The molecule has 0 aliphatic heterocycles. The third-order valence-corrected chi connectivity index (χ3v) is 3.94. The van der Waals surface area contributed by atoms with Crippen LogP contribution in [0, 0.1) is 0 Å². The molecule has 0 fully saturated rings. The fraction of sp³-hybridized carbons (Fsp3) is 0.111. The number of esters is 1. The first kappa shape index (κ1) is 15.3. The quantitative estimate of drug-likeness (QED) is 0.538. The van der Waals surface area contributed by atoms with Crippen molar-refractivity contribution in [2.45, 2.75) is 6.61 Å². The zero-order valence-corrected chi connectivity index (χ0v) is 13.3. The lowest BCUT2D eigenvalue weighted by Gasteiger charge is -2.03. The molecule has 0 unspecified atom stereocenters. The van der Waals surface area contributed by atoms with Crippen LogP contribution in [0.2, 0.25) is 5.15 Å². The van der Waals surface area contributed by atoms with E-state index >= 15 is 0 Å². The molecule has 0 bridgehead atoms. The molecule has 5 heteroatoms. The first-order chi connectivity index (χ1) is 11.1. The van der Waals surface area contributed by atoms with Gasteiger partial charge in [0.2, 0.25) is 0 Å². The Labute approximate surface area is 139 Å². The summed E-state index contributed by atoms with van der Waals surface area (Å²) in [6.07, 6.45) is 4.71. The molecule has 3 aromatic rings. The monoisotopic (exact) mass is 326 g/mol. The van der Waals surface area contributed by atoms with Crippen molar-refractivity contribution in [3.8, 4) is 0 Å². The lowest BCUT2D eigenvalue weighted by atomic mass is 10.0. The highest BCUT2D eigenvalue weighted by atomic mass is 35.5. The van der Waals surface area contributed by atoms with Gasteiger partial charge in [0.1, 0.15) is 17.6 Å². The summed E-state index contributed by atoms with van der Waals surface area (Å²) in [4.78, 5) is 15.9. The van der Waals surface area contributed by atoms with E-state index in [1.807, 2.05) is 42.5 Å². The summed E-state index contributed by atoms with van der Waals surface area (Å²) < 4.78 is 6.86. The lowest BCUT2D eigenvalue weighted by molar-refractivity contribution is -0.139. The Hall–Kier alpha value is -2.59. The van der Waals surface area contributed by atoms with Crippen LogP contribution in [0.25, 0.3) is 16.8 Å². The van der Waals surface area contributed by atoms with E-state index in [-0.39, 0.29) is 6.61 Å². The van der Waals surface area contributed by atoms with E-state index in [2.05, 4.69) is 4.98 Å². The highest BCUT2D eigenvalue weighted by molar-refractivity contribution is 6.29. The number of imidazole rings is 1. The largest absolute Gasteiger partial charge is 0.454 e. The van der Waals surface area contributed by atoms with Crippen molar-refractivity contribution in [1.82, 2.24) is 9.55 Å². The predicted molar refractivity (Wildman–Crippen MR) is 91.0 cm³/mol. The Morgan fingerprint density at radius 3 is 2.83 bits per heavy atom. The molecule has 0 saturated carbocycles. The van der Waals surface area contributed by atoms with Gasteiger partial charge in [-0.25, -0.2) is 9.78 Å². The molecule has 1 heterocycles. The number of hydrogen-bond donors (Lipinski definition) is 0. The molecule has 0 aliphatic carbocycles. The first-order valence-corrected chi connectivity index (χ1v) is 7.51. The van der Waals surface area contributed by atoms with Crippen LogP contribution in [0.3, 0.4) is 0 Å². The maximum atomic E-state index is 11.9. The molecule has 2 aromatic carbocycles. The van der Waals surface area contributed by atoms with Crippen LogP contribution in [0.4, 0.5) is 0 Å². The number of carbonyl (C=O) groups is 1. The van der Waals surface area contributed by atoms with E-state index < -0.39 is 5.97 Å². The van der Waals surface area contributed by atoms with Crippen molar-refractivity contribution in [3.63, 3.8) is 0 Å². The van der Waals surface area contributed by atoms with Gasteiger partial charge in [-0.3, -0.25) is 0 Å². The Balaban J connectivity index is 1.69. The van der Waals surface area contributed by atoms with E-state index in [1.54, 1.807) is 17.7 Å². The van der Waals surface area contributed by atoms with Gasteiger partial charge in [-0.1, -0.05) is 54.1 Å². The number of hydrogen-bond acceptors (Lipinski definition) is 3. The van der Waals surface area contributed by atoms with Crippen LogP contribution < -0.4 is 0 Å². The number of rotatable bonds is 4. The maximum Gasteiger partial charge on any atom is 0.331 e. The Morgan fingerprint density at radius 1 is 1.26 bits per heavy atom. The number of nitrogens with zero attached hydrogens (tertiary/aromatic N) is 2. The normalized spacial score (nSPS) is 11.2. The third-order valence-electron chi connectivity index (χ3n) is 3.59. The number of aromatic nitrogens is 2. The van der Waals surface area contributed by atoms with Crippen molar-refractivity contribution in [2.24, 2.45) is 7.05 Å². The van der Waals surface area contributed by atoms with Crippen molar-refractivity contribution in [2.75, 3.05) is 0 Å². The Kier molecular flexibility index (Phi) is 4.44. The van der Waals surface area contributed by atoms with Crippen molar-refractivity contribution < 1.29 is 9.53 Å². The molecule has 0 saturated heterocycles. The molecule has 3 rings (SSSR count). The molecule has 0 N–H and O–H groups in total. The number of halogens is 1. The maximum absolute atomic E-state index is 11.9. The zero-order chi connectivity index (χ0) is 16.2. The minimum absolute atomic E-state index is 0.0852. The van der Waals surface area contributed by atoms with E-state index in [1.165, 1.54) is 12.3 Å². The van der Waals surface area contributed by atoms with Crippen LogP contribution in [0.5, 0.6) is 0 Å². The molecule has 0 aliphatic rings. The van der Waals surface area contributed by atoms with Gasteiger partial charge in [-0.2, -0.15) is 0 Å². The van der Waals surface area contributed by atoms with Gasteiger partial charge in [0.25, 0.3) is 0 Å². The van der Waals surface area contributed by atoms with E-state index in [0.717, 1.165) is 16.3 Å². The Morgan fingerprint density at radius 2 is 2.04 bits per heavy atom. The number of ether oxygens (including phenoxy) is 1. The molecule has 4 nitrogen and oxygen atoms in total. The summed E-state index contributed by atoms with van der Waals surface area (Å²) in [5.74, 6) is 0.180. The number of carbonyl (C=O) groups excluding carboxylic acids is 1. The van der Waals surface area contributed by atoms with Gasteiger partial charge in [0, 0.05) is 13.1 Å². The summed E-state index contributed by atoms with van der Waals surface area (Å²) in [6.45, 7) is 0.0852. The van der Waals surface area contributed by atoms with Crippen LogP contribution >= 0.6 is 11.6 Å². The molecular weight excluding hydrogens is 312 g/mol. The molecular formula is C18H15ClN2O2. The van der Waals surface area contributed by atoms with Gasteiger partial charge in [0.05, 0.1) is 6.20 Å². The summed E-state index contributed by atoms with van der Waals surface area (Å²) in [5.41, 5.74) is 0.972. The number of benzene rings is 2. The van der Waals surface area contributed by atoms with Crippen LogP contribution in [-0.2, 0) is 23.2 Å². The van der Waals surface area contributed by atoms with Crippen LogP contribution in [0.1, 0.15) is 11.4 Å². The summed E-state index contributed by atoms with van der Waals surface area (Å²) >= 11 is 5.89. The van der Waals surface area contributed by atoms with Crippen molar-refractivity contribution >= 4 is 34.4 Å². The minimum Gasteiger partial charge on any atom is -0.454 e. The van der Waals surface area contributed by atoms with Gasteiger partial charge < -0.3 is 9.30 Å². The summed E-state index contributed by atoms with van der Waals surface area (Å²) in [5, 5.41) is 2.72. The van der Waals surface area contributed by atoms with Gasteiger partial charge in [-0.15, -0.1) is 0 Å². The van der Waals surface area contributed by atoms with Gasteiger partial charge >= 0.3 is 5.97 Å². The van der Waals surface area contributed by atoms with Gasteiger partial charge in [-0.05, 0) is 22.4 Å². The SMILES string of the molecule is Cn1c(Cl)cnc1COC(=O)/C=C\c1cccc2ccccc12. The smallest absolute Gasteiger partial charge is 0.331 e. The first-order valence-electron chi connectivity index (χ1n) is 7.14. The second kappa shape index (κ2) is 6.67. The summed E-state index contributed by atoms with van der Waals surface area (Å²) in [7, 11) is 1.77. The average molecular weight is 327 g/mol. The molecule has 0 radical (unpaired) electrons. The Bertz CT molecular complexity index is 878. The van der Waals surface area contributed by atoms with Crippen LogP contribution in [-0.4, -0.2) is 15.5 Å². The van der Waals surface area contributed by atoms with Gasteiger partial charge in [0.15, 0.2) is 0 Å². The fourth-order valence-corrected chi connectivity index (χ4v) is 2.44. The molecule has 0 spiro atoms. The number of fused-ring (bicyclic) bond motifs is 1. The van der Waals surface area contributed by atoms with E-state index in [4.69, 9.17) is 16.3 Å². The topological polar surface area (TPSA) is 44.1 Å². The van der Waals surface area contributed by atoms with Crippen molar-refractivity contribution in [3.05, 3.63) is 71.3 Å².